The molecule has 1 aliphatic rings. The minimum absolute atomic E-state index is 0.669. The fraction of sp³-hybridized carbons (Fsp3) is 0.524. The lowest BCUT2D eigenvalue weighted by Gasteiger charge is -2.37. The SMILES string of the molecule is CN=C(NCc1c(C)nn(CCOC)c1C)N1CCN(c2ccccc2)CC1. The third kappa shape index (κ3) is 4.65. The third-order valence-electron chi connectivity index (χ3n) is 5.37. The molecule has 0 radical (unpaired) electrons. The summed E-state index contributed by atoms with van der Waals surface area (Å²) in [5.74, 6) is 0.955. The maximum atomic E-state index is 5.18. The van der Waals surface area contributed by atoms with E-state index in [9.17, 15) is 0 Å². The van der Waals surface area contributed by atoms with Crippen LogP contribution in [0.2, 0.25) is 0 Å². The van der Waals surface area contributed by atoms with Crippen LogP contribution in [0.25, 0.3) is 0 Å². The van der Waals surface area contributed by atoms with Crippen LogP contribution in [0, 0.1) is 13.8 Å². The van der Waals surface area contributed by atoms with E-state index in [2.05, 4.69) is 69.4 Å². The minimum atomic E-state index is 0.669. The Bertz CT molecular complexity index is 778. The summed E-state index contributed by atoms with van der Waals surface area (Å²) in [6.07, 6.45) is 0. The molecule has 3 rings (SSSR count). The summed E-state index contributed by atoms with van der Waals surface area (Å²) >= 11 is 0. The molecule has 1 saturated heterocycles. The minimum Gasteiger partial charge on any atom is -0.383 e. The molecule has 7 nitrogen and oxygen atoms in total. The molecule has 2 aromatic rings. The summed E-state index contributed by atoms with van der Waals surface area (Å²) in [4.78, 5) is 9.27. The number of para-hydroxylation sites is 1. The maximum Gasteiger partial charge on any atom is 0.194 e. The molecule has 0 bridgehead atoms. The number of benzene rings is 1. The van der Waals surface area contributed by atoms with E-state index in [0.717, 1.165) is 50.9 Å². The Kier molecular flexibility index (Phi) is 6.92. The predicted octanol–water partition coefficient (Wildman–Crippen LogP) is 2.04. The Hall–Kier alpha value is -2.54. The smallest absolute Gasteiger partial charge is 0.194 e. The zero-order valence-electron chi connectivity index (χ0n) is 17.5. The molecule has 2 heterocycles. The lowest BCUT2D eigenvalue weighted by Crippen LogP contribution is -2.52. The largest absolute Gasteiger partial charge is 0.383 e. The Balaban J connectivity index is 1.57. The van der Waals surface area contributed by atoms with Gasteiger partial charge in [0.25, 0.3) is 0 Å². The van der Waals surface area contributed by atoms with Crippen LogP contribution in [0.5, 0.6) is 0 Å². The van der Waals surface area contributed by atoms with Crippen molar-refractivity contribution in [1.82, 2.24) is 20.0 Å². The lowest BCUT2D eigenvalue weighted by molar-refractivity contribution is 0.182. The molecule has 1 aromatic heterocycles. The number of methoxy groups -OCH3 is 1. The van der Waals surface area contributed by atoms with Crippen LogP contribution in [-0.2, 0) is 17.8 Å². The lowest BCUT2D eigenvalue weighted by atomic mass is 10.2. The van der Waals surface area contributed by atoms with E-state index in [1.54, 1.807) is 7.11 Å². The number of nitrogens with one attached hydrogen (secondary N) is 1. The fourth-order valence-electron chi connectivity index (χ4n) is 3.70. The molecule has 1 aromatic carbocycles. The first-order valence-corrected chi connectivity index (χ1v) is 9.91. The summed E-state index contributed by atoms with van der Waals surface area (Å²) in [7, 11) is 3.57. The quantitative estimate of drug-likeness (QED) is 0.610. The summed E-state index contributed by atoms with van der Waals surface area (Å²) in [5.41, 5.74) is 4.77. The van der Waals surface area contributed by atoms with Gasteiger partial charge in [0.2, 0.25) is 0 Å². The van der Waals surface area contributed by atoms with Gasteiger partial charge >= 0.3 is 0 Å². The molecule has 0 unspecified atom stereocenters. The molecule has 7 heteroatoms. The molecular weight excluding hydrogens is 352 g/mol. The second-order valence-corrected chi connectivity index (χ2v) is 7.08. The number of aliphatic imine (C=N–C) groups is 1. The first kappa shape index (κ1) is 20.2. The predicted molar refractivity (Wildman–Crippen MR) is 114 cm³/mol. The van der Waals surface area contributed by atoms with Gasteiger partial charge in [-0.05, 0) is 26.0 Å². The second kappa shape index (κ2) is 9.59. The van der Waals surface area contributed by atoms with Gasteiger partial charge in [-0.1, -0.05) is 18.2 Å². The van der Waals surface area contributed by atoms with Crippen LogP contribution in [0.15, 0.2) is 35.3 Å². The number of piperazine rings is 1. The van der Waals surface area contributed by atoms with Crippen LogP contribution >= 0.6 is 0 Å². The van der Waals surface area contributed by atoms with Crippen molar-refractivity contribution in [1.29, 1.82) is 0 Å². The highest BCUT2D eigenvalue weighted by molar-refractivity contribution is 5.80. The van der Waals surface area contributed by atoms with Crippen LogP contribution in [0.3, 0.4) is 0 Å². The number of hydrogen-bond donors (Lipinski definition) is 1. The zero-order chi connectivity index (χ0) is 19.9. The average molecular weight is 385 g/mol. The third-order valence-corrected chi connectivity index (χ3v) is 5.37. The second-order valence-electron chi connectivity index (χ2n) is 7.08. The molecule has 0 aliphatic carbocycles. The molecule has 28 heavy (non-hydrogen) atoms. The van der Waals surface area contributed by atoms with Crippen molar-refractivity contribution in [3.05, 3.63) is 47.3 Å². The highest BCUT2D eigenvalue weighted by atomic mass is 16.5. The molecule has 1 fully saturated rings. The van der Waals surface area contributed by atoms with Gasteiger partial charge in [0.05, 0.1) is 18.8 Å². The van der Waals surface area contributed by atoms with Gasteiger partial charge in [-0.3, -0.25) is 9.67 Å². The molecule has 0 spiro atoms. The number of aromatic nitrogens is 2. The van der Waals surface area contributed by atoms with Gasteiger partial charge in [0.15, 0.2) is 5.96 Å². The van der Waals surface area contributed by atoms with E-state index in [1.807, 2.05) is 11.7 Å². The molecule has 1 aliphatic heterocycles. The fourth-order valence-corrected chi connectivity index (χ4v) is 3.70. The number of ether oxygens (including phenoxy) is 1. The number of aryl methyl sites for hydroxylation is 1. The Morgan fingerprint density at radius 2 is 1.86 bits per heavy atom. The van der Waals surface area contributed by atoms with Gasteiger partial charge < -0.3 is 19.9 Å². The number of hydrogen-bond acceptors (Lipinski definition) is 4. The number of nitrogens with zero attached hydrogens (tertiary/aromatic N) is 5. The standard InChI is InChI=1S/C21H32N6O/c1-17-20(18(2)27(24-17)14-15-28-4)16-23-21(22-3)26-12-10-25(11-13-26)19-8-6-5-7-9-19/h5-9H,10-16H2,1-4H3,(H,22,23). The van der Waals surface area contributed by atoms with Gasteiger partial charge in [0, 0.05) is 63.8 Å². The molecular formula is C21H32N6O. The van der Waals surface area contributed by atoms with Crippen molar-refractivity contribution < 1.29 is 4.74 Å². The number of anilines is 1. The summed E-state index contributed by atoms with van der Waals surface area (Å²) < 4.78 is 7.20. The average Bonchev–Trinajstić information content (AvgIpc) is 3.01. The van der Waals surface area contributed by atoms with Crippen LogP contribution in [0.1, 0.15) is 17.0 Å². The van der Waals surface area contributed by atoms with Crippen molar-refractivity contribution in [3.8, 4) is 0 Å². The summed E-state index contributed by atoms with van der Waals surface area (Å²) in [6.45, 7) is 10.3. The van der Waals surface area contributed by atoms with E-state index in [1.165, 1.54) is 16.9 Å². The summed E-state index contributed by atoms with van der Waals surface area (Å²) in [5, 5.41) is 8.18. The summed E-state index contributed by atoms with van der Waals surface area (Å²) in [6, 6.07) is 10.6. The molecule has 1 N–H and O–H groups in total. The molecule has 0 saturated carbocycles. The Morgan fingerprint density at radius 1 is 1.14 bits per heavy atom. The van der Waals surface area contributed by atoms with Gasteiger partial charge in [-0.25, -0.2) is 0 Å². The van der Waals surface area contributed by atoms with Crippen LogP contribution in [0.4, 0.5) is 5.69 Å². The zero-order valence-corrected chi connectivity index (χ0v) is 17.5. The van der Waals surface area contributed by atoms with E-state index < -0.39 is 0 Å². The first-order valence-electron chi connectivity index (χ1n) is 9.91. The van der Waals surface area contributed by atoms with Crippen molar-refractivity contribution in [2.75, 3.05) is 51.8 Å². The van der Waals surface area contributed by atoms with Crippen molar-refractivity contribution >= 4 is 11.6 Å². The number of rotatable bonds is 6. The number of guanidine groups is 1. The highest BCUT2D eigenvalue weighted by Crippen LogP contribution is 2.16. The van der Waals surface area contributed by atoms with Crippen LogP contribution in [-0.4, -0.2) is 67.6 Å². The van der Waals surface area contributed by atoms with Crippen molar-refractivity contribution in [2.24, 2.45) is 4.99 Å². The molecule has 152 valence electrons. The van der Waals surface area contributed by atoms with Crippen molar-refractivity contribution in [3.63, 3.8) is 0 Å². The monoisotopic (exact) mass is 384 g/mol. The first-order chi connectivity index (χ1) is 13.6. The van der Waals surface area contributed by atoms with E-state index in [4.69, 9.17) is 4.74 Å². The molecule has 0 amide bonds. The van der Waals surface area contributed by atoms with Gasteiger partial charge in [-0.2, -0.15) is 5.10 Å². The van der Waals surface area contributed by atoms with E-state index in [-0.39, 0.29) is 0 Å². The van der Waals surface area contributed by atoms with Gasteiger partial charge in [0.1, 0.15) is 0 Å². The molecule has 0 atom stereocenters. The van der Waals surface area contributed by atoms with Crippen LogP contribution < -0.4 is 10.2 Å². The van der Waals surface area contributed by atoms with Gasteiger partial charge in [-0.15, -0.1) is 0 Å². The van der Waals surface area contributed by atoms with E-state index >= 15 is 0 Å². The maximum absolute atomic E-state index is 5.18. The Morgan fingerprint density at radius 3 is 2.50 bits per heavy atom. The highest BCUT2D eigenvalue weighted by Gasteiger charge is 2.20. The Labute approximate surface area is 168 Å². The topological polar surface area (TPSA) is 57.9 Å². The normalized spacial score (nSPS) is 15.2. The van der Waals surface area contributed by atoms with E-state index in [0.29, 0.717) is 6.61 Å². The van der Waals surface area contributed by atoms with Crippen molar-refractivity contribution in [2.45, 2.75) is 26.9 Å².